The molecule has 1 aromatic carbocycles. The number of carbonyl (C=O) groups is 1. The van der Waals surface area contributed by atoms with Crippen LogP contribution in [0.5, 0.6) is 0 Å². The van der Waals surface area contributed by atoms with E-state index in [-0.39, 0.29) is 5.69 Å². The topological polar surface area (TPSA) is 69.4 Å². The number of benzene rings is 1. The van der Waals surface area contributed by atoms with Gasteiger partial charge in [-0.3, -0.25) is 10.1 Å². The van der Waals surface area contributed by atoms with Gasteiger partial charge < -0.3 is 4.74 Å². The Hall–Kier alpha value is -1.48. The Morgan fingerprint density at radius 3 is 2.64 bits per heavy atom. The van der Waals surface area contributed by atoms with Crippen LogP contribution in [-0.4, -0.2) is 18.0 Å². The van der Waals surface area contributed by atoms with E-state index in [1.54, 1.807) is 0 Å². The zero-order chi connectivity index (χ0) is 10.7. The molecule has 0 amide bonds. The quantitative estimate of drug-likeness (QED) is 0.316. The van der Waals surface area contributed by atoms with Gasteiger partial charge in [-0.15, -0.1) is 0 Å². The van der Waals surface area contributed by atoms with Crippen molar-refractivity contribution in [2.75, 3.05) is 7.11 Å². The average molecular weight is 213 g/mol. The zero-order valence-electron chi connectivity index (χ0n) is 7.39. The van der Waals surface area contributed by atoms with Crippen LogP contribution in [0.4, 0.5) is 5.69 Å². The van der Waals surface area contributed by atoms with Crippen LogP contribution >= 0.6 is 9.24 Å². The van der Waals surface area contributed by atoms with Gasteiger partial charge in [-0.2, -0.15) is 0 Å². The molecular weight excluding hydrogens is 205 g/mol. The summed E-state index contributed by atoms with van der Waals surface area (Å²) in [6, 6.07) is 4.03. The first-order valence-electron chi connectivity index (χ1n) is 3.68. The highest BCUT2D eigenvalue weighted by Gasteiger charge is 2.13. The molecule has 0 N–H and O–H groups in total. The van der Waals surface area contributed by atoms with Crippen LogP contribution in [0.2, 0.25) is 0 Å². The lowest BCUT2D eigenvalue weighted by Gasteiger charge is -2.00. The molecule has 0 heterocycles. The van der Waals surface area contributed by atoms with Gasteiger partial charge in [0.1, 0.15) is 0 Å². The van der Waals surface area contributed by atoms with E-state index in [1.807, 2.05) is 0 Å². The molecule has 0 aliphatic rings. The summed E-state index contributed by atoms with van der Waals surface area (Å²) in [5.74, 6) is -0.511. The number of nitro benzene ring substituents is 1. The van der Waals surface area contributed by atoms with Gasteiger partial charge in [-0.25, -0.2) is 4.79 Å². The maximum Gasteiger partial charge on any atom is 0.337 e. The van der Waals surface area contributed by atoms with Gasteiger partial charge in [-0.05, 0) is 12.1 Å². The second-order valence-electron chi connectivity index (χ2n) is 2.52. The van der Waals surface area contributed by atoms with Gasteiger partial charge in [0.15, 0.2) is 0 Å². The second kappa shape index (κ2) is 4.15. The summed E-state index contributed by atoms with van der Waals surface area (Å²) in [5.41, 5.74) is 0.255. The molecule has 1 aromatic rings. The lowest BCUT2D eigenvalue weighted by atomic mass is 10.2. The van der Waals surface area contributed by atoms with E-state index in [0.717, 1.165) is 0 Å². The zero-order valence-corrected chi connectivity index (χ0v) is 8.54. The summed E-state index contributed by atoms with van der Waals surface area (Å²) in [7, 11) is 3.46. The first kappa shape index (κ1) is 10.6. The Morgan fingerprint density at radius 2 is 2.21 bits per heavy atom. The maximum atomic E-state index is 11.0. The van der Waals surface area contributed by atoms with Crippen LogP contribution in [-0.2, 0) is 4.74 Å². The summed E-state index contributed by atoms with van der Waals surface area (Å²) < 4.78 is 4.47. The number of carbonyl (C=O) groups excluding carboxylic acids is 1. The molecule has 0 saturated heterocycles. The minimum Gasteiger partial charge on any atom is -0.465 e. The van der Waals surface area contributed by atoms with E-state index in [0.29, 0.717) is 10.9 Å². The van der Waals surface area contributed by atoms with Gasteiger partial charge in [0.2, 0.25) is 0 Å². The Morgan fingerprint density at radius 1 is 1.57 bits per heavy atom. The van der Waals surface area contributed by atoms with Gasteiger partial charge in [0, 0.05) is 11.4 Å². The first-order valence-corrected chi connectivity index (χ1v) is 4.26. The minimum atomic E-state index is -0.511. The third kappa shape index (κ3) is 2.06. The summed E-state index contributed by atoms with van der Waals surface area (Å²) >= 11 is 0. The minimum absolute atomic E-state index is 0.0392. The molecule has 1 rings (SSSR count). The van der Waals surface area contributed by atoms with Crippen LogP contribution in [0.15, 0.2) is 18.2 Å². The molecule has 0 aliphatic heterocycles. The Labute approximate surface area is 82.4 Å². The molecule has 0 aromatic heterocycles. The summed E-state index contributed by atoms with van der Waals surface area (Å²) in [4.78, 5) is 21.0. The Kier molecular flexibility index (Phi) is 3.14. The van der Waals surface area contributed by atoms with Crippen molar-refractivity contribution in [1.82, 2.24) is 0 Å². The highest BCUT2D eigenvalue weighted by atomic mass is 31.0. The van der Waals surface area contributed by atoms with E-state index in [9.17, 15) is 14.9 Å². The third-order valence-corrected chi connectivity index (χ3v) is 2.11. The van der Waals surface area contributed by atoms with Crippen LogP contribution < -0.4 is 5.30 Å². The molecule has 0 saturated carbocycles. The molecule has 1 unspecified atom stereocenters. The Balaban J connectivity index is 3.12. The fraction of sp³-hybridized carbons (Fsp3) is 0.125. The Bertz CT molecular complexity index is 391. The highest BCUT2D eigenvalue weighted by Crippen LogP contribution is 2.13. The number of nitrogens with zero attached hydrogens (tertiary/aromatic N) is 1. The second-order valence-corrected chi connectivity index (χ2v) is 3.14. The largest absolute Gasteiger partial charge is 0.465 e. The number of hydrogen-bond donors (Lipinski definition) is 0. The normalized spacial score (nSPS) is 9.57. The third-order valence-electron chi connectivity index (χ3n) is 1.65. The number of hydrogen-bond acceptors (Lipinski definition) is 4. The molecule has 0 bridgehead atoms. The van der Waals surface area contributed by atoms with Crippen molar-refractivity contribution in [3.63, 3.8) is 0 Å². The number of methoxy groups -OCH3 is 1. The van der Waals surface area contributed by atoms with Crippen LogP contribution in [0.3, 0.4) is 0 Å². The molecule has 5 nitrogen and oxygen atoms in total. The van der Waals surface area contributed by atoms with Crippen molar-refractivity contribution >= 4 is 26.2 Å². The van der Waals surface area contributed by atoms with Crippen molar-refractivity contribution in [3.8, 4) is 0 Å². The van der Waals surface area contributed by atoms with Gasteiger partial charge in [-0.1, -0.05) is 9.24 Å². The molecular formula is C8H8NO4P. The summed E-state index contributed by atoms with van der Waals surface area (Å²) in [5, 5.41) is 10.8. The molecule has 1 atom stereocenters. The summed E-state index contributed by atoms with van der Waals surface area (Å²) in [6.07, 6.45) is 0. The van der Waals surface area contributed by atoms with E-state index in [2.05, 4.69) is 14.0 Å². The van der Waals surface area contributed by atoms with E-state index < -0.39 is 10.9 Å². The van der Waals surface area contributed by atoms with Crippen LogP contribution in [0, 0.1) is 10.1 Å². The van der Waals surface area contributed by atoms with Crippen molar-refractivity contribution in [2.24, 2.45) is 0 Å². The average Bonchev–Trinajstić information content (AvgIpc) is 2.15. The molecule has 0 aliphatic carbocycles. The number of nitro groups is 1. The number of ether oxygens (including phenoxy) is 1. The summed E-state index contributed by atoms with van der Waals surface area (Å²) in [6.45, 7) is 0. The molecule has 0 spiro atoms. The molecule has 74 valence electrons. The van der Waals surface area contributed by atoms with Crippen LogP contribution in [0.1, 0.15) is 10.4 Å². The van der Waals surface area contributed by atoms with Crippen LogP contribution in [0.25, 0.3) is 0 Å². The van der Waals surface area contributed by atoms with E-state index in [4.69, 9.17) is 0 Å². The van der Waals surface area contributed by atoms with Gasteiger partial charge in [0.05, 0.1) is 17.6 Å². The highest BCUT2D eigenvalue weighted by molar-refractivity contribution is 7.28. The molecule has 0 fully saturated rings. The molecule has 6 heteroatoms. The lowest BCUT2D eigenvalue weighted by molar-refractivity contribution is -0.383. The smallest absolute Gasteiger partial charge is 0.337 e. The molecule has 14 heavy (non-hydrogen) atoms. The van der Waals surface area contributed by atoms with Crippen molar-refractivity contribution in [1.29, 1.82) is 0 Å². The van der Waals surface area contributed by atoms with E-state index in [1.165, 1.54) is 25.3 Å². The molecule has 0 radical (unpaired) electrons. The predicted octanol–water partition coefficient (Wildman–Crippen LogP) is 0.882. The standard InChI is InChI=1S/C8H8NO4P/c1-13-8(10)5-2-3-6(9(11)12)7(14)4-5/h2-4H,14H2,1H3. The van der Waals surface area contributed by atoms with Crippen molar-refractivity contribution < 1.29 is 14.5 Å². The number of rotatable bonds is 2. The SMILES string of the molecule is COC(=O)c1ccc([N+](=O)[O-])c(P)c1. The first-order chi connectivity index (χ1) is 6.56. The van der Waals surface area contributed by atoms with Crippen molar-refractivity contribution in [3.05, 3.63) is 33.9 Å². The fourth-order valence-electron chi connectivity index (χ4n) is 0.966. The van der Waals surface area contributed by atoms with Gasteiger partial charge >= 0.3 is 5.97 Å². The predicted molar refractivity (Wildman–Crippen MR) is 53.8 cm³/mol. The fourth-order valence-corrected chi connectivity index (χ4v) is 1.35. The maximum absolute atomic E-state index is 11.0. The number of esters is 1. The van der Waals surface area contributed by atoms with Gasteiger partial charge in [0.25, 0.3) is 5.69 Å². The van der Waals surface area contributed by atoms with E-state index >= 15 is 0 Å². The van der Waals surface area contributed by atoms with Crippen molar-refractivity contribution in [2.45, 2.75) is 0 Å². The lowest BCUT2D eigenvalue weighted by Crippen LogP contribution is -2.07. The monoisotopic (exact) mass is 213 g/mol.